The van der Waals surface area contributed by atoms with Crippen LogP contribution in [-0.2, 0) is 6.18 Å². The van der Waals surface area contributed by atoms with E-state index in [9.17, 15) is 17.6 Å². The molecule has 5 nitrogen and oxygen atoms in total. The summed E-state index contributed by atoms with van der Waals surface area (Å²) >= 11 is 1.20. The standard InChI is InChI=1S/C16H11F4N5S/c17-11-7-9(1-2-12(11)26-10-3-5-22-6-4-10)23-14-8-13(16(18,19)20)24-15(21)25-14/h1-8H,(H3,21,23,24,25). The van der Waals surface area contributed by atoms with Crippen molar-refractivity contribution in [3.05, 3.63) is 60.3 Å². The summed E-state index contributed by atoms with van der Waals surface area (Å²) in [4.78, 5) is 11.9. The molecule has 134 valence electrons. The van der Waals surface area contributed by atoms with E-state index in [4.69, 9.17) is 5.73 Å². The first-order valence-corrected chi connectivity index (χ1v) is 7.99. The second kappa shape index (κ2) is 7.16. The van der Waals surface area contributed by atoms with Crippen LogP contribution in [0.2, 0.25) is 0 Å². The number of nitrogen functional groups attached to an aromatic ring is 1. The van der Waals surface area contributed by atoms with Crippen LogP contribution >= 0.6 is 11.8 Å². The van der Waals surface area contributed by atoms with Gasteiger partial charge in [0.25, 0.3) is 0 Å². The molecule has 10 heteroatoms. The quantitative estimate of drug-likeness (QED) is 0.648. The second-order valence-electron chi connectivity index (χ2n) is 5.05. The van der Waals surface area contributed by atoms with Crippen molar-refractivity contribution in [1.82, 2.24) is 15.0 Å². The predicted molar refractivity (Wildman–Crippen MR) is 89.5 cm³/mol. The average Bonchev–Trinajstić information content (AvgIpc) is 2.57. The summed E-state index contributed by atoms with van der Waals surface area (Å²) in [5.74, 6) is -1.25. The number of anilines is 3. The Labute approximate surface area is 149 Å². The molecular formula is C16H11F4N5S. The van der Waals surface area contributed by atoms with Gasteiger partial charge in [0.2, 0.25) is 5.95 Å². The van der Waals surface area contributed by atoms with E-state index >= 15 is 0 Å². The normalized spacial score (nSPS) is 11.4. The molecule has 2 heterocycles. The van der Waals surface area contributed by atoms with Crippen molar-refractivity contribution >= 4 is 29.2 Å². The number of hydrogen-bond acceptors (Lipinski definition) is 6. The fourth-order valence-corrected chi connectivity index (χ4v) is 2.82. The lowest BCUT2D eigenvalue weighted by molar-refractivity contribution is -0.141. The Morgan fingerprint density at radius 2 is 1.73 bits per heavy atom. The van der Waals surface area contributed by atoms with Crippen LogP contribution in [-0.4, -0.2) is 15.0 Å². The topological polar surface area (TPSA) is 76.7 Å². The summed E-state index contributed by atoms with van der Waals surface area (Å²) in [5, 5.41) is 2.60. The maximum atomic E-state index is 14.3. The Morgan fingerprint density at radius 3 is 2.38 bits per heavy atom. The summed E-state index contributed by atoms with van der Waals surface area (Å²) in [5.41, 5.74) is 4.35. The van der Waals surface area contributed by atoms with Gasteiger partial charge in [-0.1, -0.05) is 11.8 Å². The zero-order valence-corrected chi connectivity index (χ0v) is 13.8. The van der Waals surface area contributed by atoms with Gasteiger partial charge < -0.3 is 11.1 Å². The number of halogens is 4. The van der Waals surface area contributed by atoms with E-state index in [0.29, 0.717) is 11.0 Å². The fourth-order valence-electron chi connectivity index (χ4n) is 2.02. The number of aromatic nitrogens is 3. The summed E-state index contributed by atoms with van der Waals surface area (Å²) in [6.45, 7) is 0. The molecule has 0 aliphatic heterocycles. The van der Waals surface area contributed by atoms with Crippen molar-refractivity contribution in [1.29, 1.82) is 0 Å². The van der Waals surface area contributed by atoms with Crippen molar-refractivity contribution in [3.8, 4) is 0 Å². The molecule has 0 saturated heterocycles. The van der Waals surface area contributed by atoms with Crippen LogP contribution in [0.1, 0.15) is 5.69 Å². The summed E-state index contributed by atoms with van der Waals surface area (Å²) in [7, 11) is 0. The molecule has 3 N–H and O–H groups in total. The van der Waals surface area contributed by atoms with Gasteiger partial charge in [0.15, 0.2) is 5.69 Å². The first-order chi connectivity index (χ1) is 12.3. The maximum Gasteiger partial charge on any atom is 0.433 e. The molecule has 1 aromatic carbocycles. The van der Waals surface area contributed by atoms with Gasteiger partial charge in [0.1, 0.15) is 11.6 Å². The number of pyridine rings is 1. The van der Waals surface area contributed by atoms with Crippen molar-refractivity contribution in [2.24, 2.45) is 0 Å². The highest BCUT2D eigenvalue weighted by Gasteiger charge is 2.33. The van der Waals surface area contributed by atoms with Crippen molar-refractivity contribution < 1.29 is 17.6 Å². The van der Waals surface area contributed by atoms with Gasteiger partial charge >= 0.3 is 6.18 Å². The zero-order valence-electron chi connectivity index (χ0n) is 13.0. The number of nitrogens with one attached hydrogen (secondary N) is 1. The van der Waals surface area contributed by atoms with E-state index in [1.807, 2.05) is 0 Å². The molecule has 0 aliphatic carbocycles. The monoisotopic (exact) mass is 381 g/mol. The maximum absolute atomic E-state index is 14.3. The van der Waals surface area contributed by atoms with E-state index in [0.717, 1.165) is 11.0 Å². The molecule has 0 radical (unpaired) electrons. The van der Waals surface area contributed by atoms with E-state index in [2.05, 4.69) is 20.3 Å². The van der Waals surface area contributed by atoms with Crippen LogP contribution in [0.3, 0.4) is 0 Å². The van der Waals surface area contributed by atoms with Gasteiger partial charge in [-0.25, -0.2) is 9.37 Å². The molecule has 0 saturated carbocycles. The van der Waals surface area contributed by atoms with Crippen LogP contribution < -0.4 is 11.1 Å². The first-order valence-electron chi connectivity index (χ1n) is 7.17. The van der Waals surface area contributed by atoms with Crippen LogP contribution in [0.25, 0.3) is 0 Å². The minimum atomic E-state index is -4.66. The average molecular weight is 381 g/mol. The predicted octanol–water partition coefficient (Wildman–Crippen LogP) is 4.51. The molecule has 0 aliphatic rings. The van der Waals surface area contributed by atoms with Crippen LogP contribution in [0, 0.1) is 5.82 Å². The minimum absolute atomic E-state index is 0.182. The summed E-state index contributed by atoms with van der Waals surface area (Å²) in [6.07, 6.45) is -1.48. The van der Waals surface area contributed by atoms with Gasteiger partial charge in [-0.3, -0.25) is 4.98 Å². The van der Waals surface area contributed by atoms with Crippen molar-refractivity contribution in [2.45, 2.75) is 16.0 Å². The van der Waals surface area contributed by atoms with Gasteiger partial charge in [0.05, 0.1) is 0 Å². The third-order valence-electron chi connectivity index (χ3n) is 3.12. The first kappa shape index (κ1) is 17.9. The Balaban J connectivity index is 1.81. The van der Waals surface area contributed by atoms with E-state index in [1.54, 1.807) is 24.5 Å². The number of nitrogens with two attached hydrogens (primary N) is 1. The van der Waals surface area contributed by atoms with Crippen LogP contribution in [0.4, 0.5) is 35.0 Å². The number of alkyl halides is 3. The van der Waals surface area contributed by atoms with E-state index in [1.165, 1.54) is 23.9 Å². The van der Waals surface area contributed by atoms with Crippen LogP contribution in [0.5, 0.6) is 0 Å². The Hall–Kier alpha value is -2.88. The highest BCUT2D eigenvalue weighted by molar-refractivity contribution is 7.99. The molecule has 0 unspecified atom stereocenters. The van der Waals surface area contributed by atoms with E-state index < -0.39 is 23.6 Å². The Kier molecular flexibility index (Phi) is 4.94. The highest BCUT2D eigenvalue weighted by atomic mass is 32.2. The summed E-state index contributed by atoms with van der Waals surface area (Å²) < 4.78 is 52.6. The number of rotatable bonds is 4. The van der Waals surface area contributed by atoms with Gasteiger partial charge in [-0.05, 0) is 30.3 Å². The SMILES string of the molecule is Nc1nc(Nc2ccc(Sc3ccncc3)c(F)c2)cc(C(F)(F)F)n1. The molecule has 0 atom stereocenters. The van der Waals surface area contributed by atoms with Gasteiger partial charge in [-0.15, -0.1) is 0 Å². The summed E-state index contributed by atoms with van der Waals surface area (Å²) in [6, 6.07) is 8.37. The lowest BCUT2D eigenvalue weighted by Gasteiger charge is -2.11. The number of benzene rings is 1. The lowest BCUT2D eigenvalue weighted by Crippen LogP contribution is -2.12. The third kappa shape index (κ3) is 4.39. The zero-order chi connectivity index (χ0) is 18.7. The van der Waals surface area contributed by atoms with Gasteiger partial charge in [-0.2, -0.15) is 18.2 Å². The molecule has 26 heavy (non-hydrogen) atoms. The number of nitrogens with zero attached hydrogens (tertiary/aromatic N) is 3. The highest BCUT2D eigenvalue weighted by Crippen LogP contribution is 2.32. The molecule has 0 fully saturated rings. The van der Waals surface area contributed by atoms with Gasteiger partial charge in [0, 0.05) is 33.9 Å². The largest absolute Gasteiger partial charge is 0.433 e. The Morgan fingerprint density at radius 1 is 1.00 bits per heavy atom. The van der Waals surface area contributed by atoms with Crippen LogP contribution in [0.15, 0.2) is 58.6 Å². The Bertz CT molecular complexity index is 918. The molecule has 3 rings (SSSR count). The minimum Gasteiger partial charge on any atom is -0.368 e. The molecule has 3 aromatic rings. The fraction of sp³-hybridized carbons (Fsp3) is 0.0625. The van der Waals surface area contributed by atoms with Crippen molar-refractivity contribution in [3.63, 3.8) is 0 Å². The van der Waals surface area contributed by atoms with Crippen molar-refractivity contribution in [2.75, 3.05) is 11.1 Å². The molecule has 2 aromatic heterocycles. The third-order valence-corrected chi connectivity index (χ3v) is 4.17. The van der Waals surface area contributed by atoms with E-state index in [-0.39, 0.29) is 11.5 Å². The smallest absolute Gasteiger partial charge is 0.368 e. The number of hydrogen-bond donors (Lipinski definition) is 2. The molecular weight excluding hydrogens is 370 g/mol. The molecule has 0 spiro atoms. The lowest BCUT2D eigenvalue weighted by atomic mass is 10.3. The second-order valence-corrected chi connectivity index (χ2v) is 6.16. The molecule has 0 amide bonds. The molecule has 0 bridgehead atoms.